The van der Waals surface area contributed by atoms with Crippen molar-refractivity contribution >= 4 is 27.6 Å². The van der Waals surface area contributed by atoms with Crippen LogP contribution in [0.2, 0.25) is 0 Å². The molecule has 2 aromatic carbocycles. The summed E-state index contributed by atoms with van der Waals surface area (Å²) in [6.07, 6.45) is 8.16. The van der Waals surface area contributed by atoms with E-state index in [9.17, 15) is 4.39 Å². The van der Waals surface area contributed by atoms with E-state index < -0.39 is 0 Å². The number of nitrogens with zero attached hydrogens (tertiary/aromatic N) is 4. The Hall–Kier alpha value is -2.95. The fourth-order valence-corrected chi connectivity index (χ4v) is 4.52. The molecule has 0 amide bonds. The Morgan fingerprint density at radius 3 is 2.69 bits per heavy atom. The number of hydrogen-bond donors (Lipinski definition) is 0. The number of imidazole rings is 1. The number of halogens is 1. The van der Waals surface area contributed by atoms with E-state index in [1.807, 2.05) is 25.5 Å². The quantitative estimate of drug-likeness (QED) is 0.456. The summed E-state index contributed by atoms with van der Waals surface area (Å²) in [7, 11) is 2.04. The number of anilines is 1. The van der Waals surface area contributed by atoms with Crippen LogP contribution in [-0.4, -0.2) is 20.6 Å². The number of pyridine rings is 1. The molecule has 148 valence electrons. The summed E-state index contributed by atoms with van der Waals surface area (Å²) in [6, 6.07) is 15.8. The molecule has 1 aliphatic rings. The molecular formula is C24H25FN4. The zero-order valence-electron chi connectivity index (χ0n) is 16.7. The van der Waals surface area contributed by atoms with Crippen LogP contribution in [-0.2, 0) is 13.6 Å². The number of benzene rings is 2. The van der Waals surface area contributed by atoms with Gasteiger partial charge in [-0.2, -0.15) is 0 Å². The highest BCUT2D eigenvalue weighted by Gasteiger charge is 2.23. The van der Waals surface area contributed by atoms with Crippen LogP contribution in [0.5, 0.6) is 0 Å². The zero-order valence-corrected chi connectivity index (χ0v) is 16.7. The molecule has 29 heavy (non-hydrogen) atoms. The number of fused-ring (bicyclic) bond motifs is 2. The maximum Gasteiger partial charge on any atom is 0.123 e. The largest absolute Gasteiger partial charge is 0.363 e. The van der Waals surface area contributed by atoms with Crippen molar-refractivity contribution < 1.29 is 4.39 Å². The summed E-state index contributed by atoms with van der Waals surface area (Å²) in [5.41, 5.74) is 5.24. The van der Waals surface area contributed by atoms with Crippen molar-refractivity contribution in [2.75, 3.05) is 4.90 Å². The van der Waals surface area contributed by atoms with Gasteiger partial charge >= 0.3 is 0 Å². The average molecular weight is 388 g/mol. The van der Waals surface area contributed by atoms with Crippen molar-refractivity contribution in [3.05, 3.63) is 66.4 Å². The molecule has 0 unspecified atom stereocenters. The van der Waals surface area contributed by atoms with E-state index in [4.69, 9.17) is 4.98 Å². The molecule has 0 spiro atoms. The van der Waals surface area contributed by atoms with E-state index in [0.29, 0.717) is 6.04 Å². The van der Waals surface area contributed by atoms with Crippen LogP contribution in [0, 0.1) is 5.82 Å². The summed E-state index contributed by atoms with van der Waals surface area (Å²) in [6.45, 7) is 0.751. The fraction of sp³-hybridized carbons (Fsp3) is 0.333. The Morgan fingerprint density at radius 1 is 1.00 bits per heavy atom. The minimum atomic E-state index is -0.222. The number of aryl methyl sites for hydroxylation is 1. The minimum Gasteiger partial charge on any atom is -0.363 e. The Kier molecular flexibility index (Phi) is 4.66. The molecule has 1 saturated carbocycles. The van der Waals surface area contributed by atoms with Gasteiger partial charge in [0.2, 0.25) is 0 Å². The van der Waals surface area contributed by atoms with E-state index >= 15 is 0 Å². The van der Waals surface area contributed by atoms with Crippen LogP contribution in [0.3, 0.4) is 0 Å². The van der Waals surface area contributed by atoms with Gasteiger partial charge in [-0.15, -0.1) is 0 Å². The van der Waals surface area contributed by atoms with Crippen molar-refractivity contribution in [3.8, 4) is 0 Å². The van der Waals surface area contributed by atoms with E-state index in [0.717, 1.165) is 34.2 Å². The zero-order chi connectivity index (χ0) is 19.8. The highest BCUT2D eigenvalue weighted by molar-refractivity contribution is 5.80. The van der Waals surface area contributed by atoms with Crippen LogP contribution in [0.1, 0.15) is 37.8 Å². The van der Waals surface area contributed by atoms with Gasteiger partial charge in [-0.3, -0.25) is 4.98 Å². The molecule has 2 aromatic heterocycles. The topological polar surface area (TPSA) is 34.0 Å². The molecule has 0 radical (unpaired) electrons. The Morgan fingerprint density at radius 2 is 1.83 bits per heavy atom. The van der Waals surface area contributed by atoms with Crippen molar-refractivity contribution in [2.45, 2.75) is 44.7 Å². The molecule has 4 aromatic rings. The monoisotopic (exact) mass is 388 g/mol. The predicted molar refractivity (Wildman–Crippen MR) is 115 cm³/mol. The Labute approximate surface area is 170 Å². The third kappa shape index (κ3) is 3.57. The van der Waals surface area contributed by atoms with Crippen molar-refractivity contribution in [1.29, 1.82) is 0 Å². The van der Waals surface area contributed by atoms with E-state index in [1.54, 1.807) is 12.1 Å². The van der Waals surface area contributed by atoms with Crippen molar-refractivity contribution in [2.24, 2.45) is 7.05 Å². The van der Waals surface area contributed by atoms with Crippen LogP contribution >= 0.6 is 0 Å². The number of rotatable bonds is 4. The van der Waals surface area contributed by atoms with E-state index in [2.05, 4.69) is 32.7 Å². The van der Waals surface area contributed by atoms with Gasteiger partial charge in [-0.1, -0.05) is 25.3 Å². The standard InChI is InChI=1S/C24H25FN4/c1-28-16-26-23-12-10-21(14-24(23)28)29(20-5-3-2-4-6-20)15-19-9-7-17-13-18(25)8-11-22(17)27-19/h7-14,16,20H,2-6,15H2,1H3. The van der Waals surface area contributed by atoms with Gasteiger partial charge in [-0.25, -0.2) is 9.37 Å². The Bertz CT molecular complexity index is 1160. The van der Waals surface area contributed by atoms with Crippen molar-refractivity contribution in [1.82, 2.24) is 14.5 Å². The molecule has 0 bridgehead atoms. The summed E-state index contributed by atoms with van der Waals surface area (Å²) >= 11 is 0. The predicted octanol–water partition coefficient (Wildman–Crippen LogP) is 5.60. The molecule has 4 nitrogen and oxygen atoms in total. The first-order valence-corrected chi connectivity index (χ1v) is 10.4. The molecule has 0 atom stereocenters. The molecule has 0 aliphatic heterocycles. The lowest BCUT2D eigenvalue weighted by Gasteiger charge is -2.36. The third-order valence-corrected chi connectivity index (χ3v) is 6.10. The smallest absolute Gasteiger partial charge is 0.123 e. The molecule has 0 saturated heterocycles. The normalized spacial score (nSPS) is 15.2. The first kappa shape index (κ1) is 18.1. The maximum atomic E-state index is 13.5. The first-order valence-electron chi connectivity index (χ1n) is 10.4. The van der Waals surface area contributed by atoms with Crippen LogP contribution in [0.4, 0.5) is 10.1 Å². The maximum absolute atomic E-state index is 13.5. The van der Waals surface area contributed by atoms with Gasteiger partial charge in [0.05, 0.1) is 35.1 Å². The van der Waals surface area contributed by atoms with Gasteiger partial charge in [0.15, 0.2) is 0 Å². The molecule has 5 heteroatoms. The average Bonchev–Trinajstić information content (AvgIpc) is 3.13. The molecule has 2 heterocycles. The van der Waals surface area contributed by atoms with Gasteiger partial charge in [0.1, 0.15) is 5.82 Å². The molecular weight excluding hydrogens is 363 g/mol. The van der Waals surface area contributed by atoms with Crippen LogP contribution < -0.4 is 4.90 Å². The first-order chi connectivity index (χ1) is 14.2. The molecule has 1 aliphatic carbocycles. The van der Waals surface area contributed by atoms with Gasteiger partial charge in [0, 0.05) is 24.2 Å². The summed E-state index contributed by atoms with van der Waals surface area (Å²) < 4.78 is 15.6. The molecule has 1 fully saturated rings. The minimum absolute atomic E-state index is 0.222. The molecule has 5 rings (SSSR count). The third-order valence-electron chi connectivity index (χ3n) is 6.10. The lowest BCUT2D eigenvalue weighted by Crippen LogP contribution is -2.36. The van der Waals surface area contributed by atoms with Gasteiger partial charge < -0.3 is 9.47 Å². The van der Waals surface area contributed by atoms with Gasteiger partial charge in [0.25, 0.3) is 0 Å². The number of hydrogen-bond acceptors (Lipinski definition) is 3. The summed E-state index contributed by atoms with van der Waals surface area (Å²) in [5, 5.41) is 0.842. The summed E-state index contributed by atoms with van der Waals surface area (Å²) in [5.74, 6) is -0.222. The van der Waals surface area contributed by atoms with Crippen LogP contribution in [0.15, 0.2) is 54.9 Å². The highest BCUT2D eigenvalue weighted by atomic mass is 19.1. The second kappa shape index (κ2) is 7.47. The summed E-state index contributed by atoms with van der Waals surface area (Å²) in [4.78, 5) is 11.8. The fourth-order valence-electron chi connectivity index (χ4n) is 4.52. The second-order valence-electron chi connectivity index (χ2n) is 8.09. The van der Waals surface area contributed by atoms with E-state index in [-0.39, 0.29) is 5.82 Å². The Balaban J connectivity index is 1.52. The van der Waals surface area contributed by atoms with E-state index in [1.165, 1.54) is 43.9 Å². The highest BCUT2D eigenvalue weighted by Crippen LogP contribution is 2.31. The molecule has 0 N–H and O–H groups in total. The lowest BCUT2D eigenvalue weighted by atomic mass is 9.93. The van der Waals surface area contributed by atoms with Crippen molar-refractivity contribution in [3.63, 3.8) is 0 Å². The SMILES string of the molecule is Cn1cnc2ccc(N(Cc3ccc4cc(F)ccc4n3)C3CCCCC3)cc21. The lowest BCUT2D eigenvalue weighted by molar-refractivity contribution is 0.412. The second-order valence-corrected chi connectivity index (χ2v) is 8.09. The van der Waals surface area contributed by atoms with Crippen LogP contribution in [0.25, 0.3) is 21.9 Å². The number of aromatic nitrogens is 3. The van der Waals surface area contributed by atoms with Gasteiger partial charge in [-0.05, 0) is 55.3 Å².